The molecule has 3 N–H and O–H groups in total. The first kappa shape index (κ1) is 10.4. The predicted molar refractivity (Wildman–Crippen MR) is 60.3 cm³/mol. The van der Waals surface area contributed by atoms with Gasteiger partial charge in [-0.05, 0) is 5.92 Å². The van der Waals surface area contributed by atoms with E-state index >= 15 is 0 Å². The van der Waals surface area contributed by atoms with E-state index in [0.29, 0.717) is 5.69 Å². The molecule has 0 aliphatic heterocycles. The Bertz CT molecular complexity index is 531. The maximum Gasteiger partial charge on any atom is 0.316 e. The molecule has 2 rings (SSSR count). The smallest absolute Gasteiger partial charge is 0.316 e. The Morgan fingerprint density at radius 3 is 2.94 bits per heavy atom. The van der Waals surface area contributed by atoms with E-state index in [0.717, 1.165) is 11.3 Å². The van der Waals surface area contributed by atoms with Crippen LogP contribution < -0.4 is 11.1 Å². The van der Waals surface area contributed by atoms with Gasteiger partial charge in [-0.15, -0.1) is 0 Å². The summed E-state index contributed by atoms with van der Waals surface area (Å²) in [6.07, 6.45) is 3.26. The zero-order valence-electron chi connectivity index (χ0n) is 9.14. The van der Waals surface area contributed by atoms with E-state index in [4.69, 9.17) is 5.73 Å². The van der Waals surface area contributed by atoms with Crippen molar-refractivity contribution < 1.29 is 4.79 Å². The Hall–Kier alpha value is -2.11. The molecule has 16 heavy (non-hydrogen) atoms. The molecule has 0 radical (unpaired) electrons. The number of hydrogen-bond acceptors (Lipinski definition) is 3. The van der Waals surface area contributed by atoms with Gasteiger partial charge in [0.2, 0.25) is 0 Å². The summed E-state index contributed by atoms with van der Waals surface area (Å²) in [7, 11) is 0. The van der Waals surface area contributed by atoms with Gasteiger partial charge in [-0.2, -0.15) is 5.10 Å². The normalized spacial score (nSPS) is 10.9. The van der Waals surface area contributed by atoms with Gasteiger partial charge >= 0.3 is 6.03 Å². The molecule has 6 nitrogen and oxygen atoms in total. The molecule has 0 atom stereocenters. The summed E-state index contributed by atoms with van der Waals surface area (Å²) in [5, 5.41) is 6.72. The fourth-order valence-corrected chi connectivity index (χ4v) is 1.68. The molecule has 0 unspecified atom stereocenters. The molecule has 0 aromatic carbocycles. The molecule has 0 saturated heterocycles. The first-order chi connectivity index (χ1) is 7.59. The van der Waals surface area contributed by atoms with Crippen LogP contribution in [-0.2, 0) is 0 Å². The Labute approximate surface area is 92.5 Å². The minimum absolute atomic E-state index is 0.201. The number of amides is 2. The Morgan fingerprint density at radius 2 is 2.31 bits per heavy atom. The lowest BCUT2D eigenvalue weighted by atomic mass is 10.1. The van der Waals surface area contributed by atoms with E-state index in [2.05, 4.69) is 15.4 Å². The maximum atomic E-state index is 10.9. The number of aromatic nitrogens is 3. The van der Waals surface area contributed by atoms with Gasteiger partial charge in [-0.3, -0.25) is 0 Å². The number of anilines is 1. The molecule has 0 bridgehead atoms. The Morgan fingerprint density at radius 1 is 1.56 bits per heavy atom. The maximum absolute atomic E-state index is 10.9. The van der Waals surface area contributed by atoms with Crippen LogP contribution in [-0.4, -0.2) is 20.6 Å². The minimum Gasteiger partial charge on any atom is -0.351 e. The lowest BCUT2D eigenvalue weighted by Crippen LogP contribution is -2.21. The number of carbonyl (C=O) groups is 1. The highest BCUT2D eigenvalue weighted by atomic mass is 16.2. The van der Waals surface area contributed by atoms with E-state index in [1.165, 1.54) is 0 Å². The van der Waals surface area contributed by atoms with Gasteiger partial charge in [0.1, 0.15) is 0 Å². The molecule has 0 spiro atoms. The lowest BCUT2D eigenvalue weighted by molar-refractivity contribution is 0.259. The summed E-state index contributed by atoms with van der Waals surface area (Å²) < 4.78 is 1.70. The zero-order chi connectivity index (χ0) is 11.7. The number of carbonyl (C=O) groups excluding carboxylic acids is 1. The quantitative estimate of drug-likeness (QED) is 0.799. The summed E-state index contributed by atoms with van der Waals surface area (Å²) in [6.45, 7) is 4.03. The first-order valence-electron chi connectivity index (χ1n) is 4.98. The molecule has 6 heteroatoms. The molecule has 2 aromatic rings. The summed E-state index contributed by atoms with van der Waals surface area (Å²) >= 11 is 0. The minimum atomic E-state index is -0.602. The van der Waals surface area contributed by atoms with Gasteiger partial charge in [0.05, 0.1) is 23.8 Å². The number of urea groups is 1. The Kier molecular flexibility index (Phi) is 2.47. The van der Waals surface area contributed by atoms with Gasteiger partial charge in [0.25, 0.3) is 0 Å². The third-order valence-electron chi connectivity index (χ3n) is 2.26. The lowest BCUT2D eigenvalue weighted by Gasteiger charge is -2.13. The fourth-order valence-electron chi connectivity index (χ4n) is 1.68. The van der Waals surface area contributed by atoms with E-state index in [-0.39, 0.29) is 5.92 Å². The summed E-state index contributed by atoms with van der Waals surface area (Å²) in [4.78, 5) is 15.0. The van der Waals surface area contributed by atoms with Crippen molar-refractivity contribution in [2.24, 2.45) is 5.73 Å². The van der Waals surface area contributed by atoms with Crippen LogP contribution in [0.1, 0.15) is 25.5 Å². The van der Waals surface area contributed by atoms with Gasteiger partial charge < -0.3 is 11.1 Å². The van der Waals surface area contributed by atoms with Crippen molar-refractivity contribution in [1.29, 1.82) is 0 Å². The molecular weight excluding hydrogens is 206 g/mol. The van der Waals surface area contributed by atoms with Gasteiger partial charge in [-0.25, -0.2) is 14.3 Å². The predicted octanol–water partition coefficient (Wildman–Crippen LogP) is 1.34. The van der Waals surface area contributed by atoms with E-state index in [1.54, 1.807) is 23.0 Å². The number of nitrogens with two attached hydrogens (primary N) is 1. The van der Waals surface area contributed by atoms with Crippen LogP contribution in [0.5, 0.6) is 0 Å². The van der Waals surface area contributed by atoms with Crippen LogP contribution in [0.3, 0.4) is 0 Å². The van der Waals surface area contributed by atoms with Crippen molar-refractivity contribution in [3.63, 3.8) is 0 Å². The van der Waals surface area contributed by atoms with Gasteiger partial charge in [-0.1, -0.05) is 13.8 Å². The van der Waals surface area contributed by atoms with Gasteiger partial charge in [0.15, 0.2) is 5.65 Å². The molecule has 84 valence electrons. The SMILES string of the molecule is CC(C)c1c(NC(N)=O)cnc2ccnn12. The molecule has 2 aromatic heterocycles. The molecule has 0 fully saturated rings. The van der Waals surface area contributed by atoms with Gasteiger partial charge in [0, 0.05) is 6.07 Å². The van der Waals surface area contributed by atoms with Crippen LogP contribution in [0.25, 0.3) is 5.65 Å². The third-order valence-corrected chi connectivity index (χ3v) is 2.26. The van der Waals surface area contributed by atoms with E-state index in [9.17, 15) is 4.79 Å². The van der Waals surface area contributed by atoms with Crippen molar-refractivity contribution in [2.45, 2.75) is 19.8 Å². The summed E-state index contributed by atoms with van der Waals surface area (Å²) in [5.41, 5.74) is 7.33. The highest BCUT2D eigenvalue weighted by Gasteiger charge is 2.13. The monoisotopic (exact) mass is 219 g/mol. The topological polar surface area (TPSA) is 85.3 Å². The molecular formula is C10H13N5O. The molecule has 0 aliphatic carbocycles. The van der Waals surface area contributed by atoms with E-state index in [1.807, 2.05) is 13.8 Å². The standard InChI is InChI=1S/C10H13N5O/c1-6(2)9-7(14-10(11)16)5-12-8-3-4-13-15(8)9/h3-6H,1-2H3,(H3,11,14,16). The Balaban J connectivity index is 2.63. The molecule has 0 aliphatic rings. The van der Waals surface area contributed by atoms with Crippen molar-refractivity contribution in [2.75, 3.05) is 5.32 Å². The van der Waals surface area contributed by atoms with Crippen molar-refractivity contribution in [3.05, 3.63) is 24.2 Å². The second kappa shape index (κ2) is 3.80. The van der Waals surface area contributed by atoms with Crippen molar-refractivity contribution in [1.82, 2.24) is 14.6 Å². The second-order valence-electron chi connectivity index (χ2n) is 3.80. The van der Waals surface area contributed by atoms with Crippen LogP contribution in [0.4, 0.5) is 10.5 Å². The van der Waals surface area contributed by atoms with Crippen molar-refractivity contribution >= 4 is 17.4 Å². The van der Waals surface area contributed by atoms with Crippen molar-refractivity contribution in [3.8, 4) is 0 Å². The number of hydrogen-bond donors (Lipinski definition) is 2. The summed E-state index contributed by atoms with van der Waals surface area (Å²) in [6, 6.07) is 1.20. The van der Waals surface area contributed by atoms with Crippen LogP contribution in [0.2, 0.25) is 0 Å². The second-order valence-corrected chi connectivity index (χ2v) is 3.80. The van der Waals surface area contributed by atoms with E-state index < -0.39 is 6.03 Å². The average molecular weight is 219 g/mol. The zero-order valence-corrected chi connectivity index (χ0v) is 9.14. The number of nitrogens with one attached hydrogen (secondary N) is 1. The largest absolute Gasteiger partial charge is 0.351 e. The van der Waals surface area contributed by atoms with Crippen LogP contribution in [0, 0.1) is 0 Å². The highest BCUT2D eigenvalue weighted by Crippen LogP contribution is 2.23. The number of rotatable bonds is 2. The molecule has 2 heterocycles. The van der Waals surface area contributed by atoms with Crippen LogP contribution >= 0.6 is 0 Å². The summed E-state index contributed by atoms with van der Waals surface area (Å²) in [5.74, 6) is 0.201. The molecule has 0 saturated carbocycles. The number of fused-ring (bicyclic) bond motifs is 1. The number of nitrogens with zero attached hydrogens (tertiary/aromatic N) is 3. The van der Waals surface area contributed by atoms with Crippen LogP contribution in [0.15, 0.2) is 18.5 Å². The highest BCUT2D eigenvalue weighted by molar-refractivity contribution is 5.88. The third kappa shape index (κ3) is 1.69. The molecule has 2 amide bonds. The number of primary amides is 1. The average Bonchev–Trinajstić information content (AvgIpc) is 2.63. The fraction of sp³-hybridized carbons (Fsp3) is 0.300. The first-order valence-corrected chi connectivity index (χ1v) is 4.98.